The molecule has 0 saturated heterocycles. The lowest BCUT2D eigenvalue weighted by atomic mass is 9.97. The molecule has 0 spiro atoms. The van der Waals surface area contributed by atoms with Crippen LogP contribution in [0.25, 0.3) is 11.1 Å². The van der Waals surface area contributed by atoms with E-state index in [-0.39, 0.29) is 27.2 Å². The molecule has 0 aliphatic rings. The van der Waals surface area contributed by atoms with Crippen molar-refractivity contribution in [3.63, 3.8) is 0 Å². The third kappa shape index (κ3) is 1.78. The maximum atomic E-state index is 11.8. The van der Waals surface area contributed by atoms with Gasteiger partial charge in [-0.3, -0.25) is 4.79 Å². The topological polar surface area (TPSA) is 116 Å². The van der Waals surface area contributed by atoms with Crippen molar-refractivity contribution in [2.75, 3.05) is 5.73 Å². The zero-order chi connectivity index (χ0) is 14.0. The third-order valence-electron chi connectivity index (χ3n) is 2.68. The summed E-state index contributed by atoms with van der Waals surface area (Å²) in [5.41, 5.74) is 4.82. The molecule has 1 heterocycles. The zero-order valence-electron chi connectivity index (χ0n) is 9.66. The summed E-state index contributed by atoms with van der Waals surface area (Å²) < 4.78 is 0.115. The van der Waals surface area contributed by atoms with Gasteiger partial charge in [-0.25, -0.2) is 0 Å². The second kappa shape index (κ2) is 4.55. The summed E-state index contributed by atoms with van der Waals surface area (Å²) in [5.74, 6) is -0.384. The second-order valence-corrected chi connectivity index (χ2v) is 3.72. The van der Waals surface area contributed by atoms with Crippen LogP contribution in [0.1, 0.15) is 11.1 Å². The number of hydrogen-bond donors (Lipinski definition) is 2. The van der Waals surface area contributed by atoms with Crippen LogP contribution in [0, 0.1) is 22.7 Å². The van der Waals surface area contributed by atoms with Crippen LogP contribution in [0.2, 0.25) is 0 Å². The fourth-order valence-electron chi connectivity index (χ4n) is 1.79. The molecule has 6 nitrogen and oxygen atoms in total. The van der Waals surface area contributed by atoms with E-state index in [9.17, 15) is 10.0 Å². The summed E-state index contributed by atoms with van der Waals surface area (Å²) in [4.78, 5) is 11.8. The van der Waals surface area contributed by atoms with Gasteiger partial charge < -0.3 is 10.9 Å². The molecule has 2 rings (SSSR count). The molecule has 6 heteroatoms. The van der Waals surface area contributed by atoms with Crippen molar-refractivity contribution in [3.05, 3.63) is 51.8 Å². The van der Waals surface area contributed by atoms with Crippen LogP contribution in [-0.4, -0.2) is 9.94 Å². The smallest absolute Gasteiger partial charge is 0.303 e. The third-order valence-corrected chi connectivity index (χ3v) is 2.68. The van der Waals surface area contributed by atoms with Gasteiger partial charge in [0.1, 0.15) is 23.3 Å². The number of nitrogens with zero attached hydrogens (tertiary/aromatic N) is 3. The number of nitrogen functional groups attached to an aromatic ring is 1. The minimum Gasteiger partial charge on any atom is -0.423 e. The van der Waals surface area contributed by atoms with E-state index in [1.807, 2.05) is 6.07 Å². The van der Waals surface area contributed by atoms with Gasteiger partial charge in [0.2, 0.25) is 0 Å². The van der Waals surface area contributed by atoms with Crippen molar-refractivity contribution >= 4 is 5.82 Å². The summed E-state index contributed by atoms with van der Waals surface area (Å²) in [6.45, 7) is 0. The minimum absolute atomic E-state index is 0.107. The predicted octanol–water partition coefficient (Wildman–Crippen LogP) is 1.08. The standard InChI is InChI=1S/C13H8N4O2/c14-6-9-11(8-4-2-1-3-5-8)10(7-15)13(18)17(19)12(9)16/h1-5,19H,16H2. The molecule has 19 heavy (non-hydrogen) atoms. The molecule has 0 atom stereocenters. The number of hydrogen-bond acceptors (Lipinski definition) is 5. The van der Waals surface area contributed by atoms with Crippen LogP contribution in [0.4, 0.5) is 5.82 Å². The molecular weight excluding hydrogens is 244 g/mol. The average Bonchev–Trinajstić information content (AvgIpc) is 2.45. The highest BCUT2D eigenvalue weighted by atomic mass is 16.5. The van der Waals surface area contributed by atoms with Crippen molar-refractivity contribution in [2.24, 2.45) is 0 Å². The van der Waals surface area contributed by atoms with Gasteiger partial charge in [-0.05, 0) is 5.56 Å². The first kappa shape index (κ1) is 12.2. The Labute approximate surface area is 108 Å². The highest BCUT2D eigenvalue weighted by Gasteiger charge is 2.21. The fraction of sp³-hybridized carbons (Fsp3) is 0. The number of rotatable bonds is 1. The molecule has 0 fully saturated rings. The Hall–Kier alpha value is -3.25. The molecule has 92 valence electrons. The molecule has 0 amide bonds. The largest absolute Gasteiger partial charge is 0.423 e. The van der Waals surface area contributed by atoms with Crippen LogP contribution in [-0.2, 0) is 0 Å². The Kier molecular flexibility index (Phi) is 2.93. The number of benzene rings is 1. The van der Waals surface area contributed by atoms with Gasteiger partial charge >= 0.3 is 5.56 Å². The molecule has 2 aromatic rings. The monoisotopic (exact) mass is 252 g/mol. The molecule has 0 saturated carbocycles. The molecular formula is C13H8N4O2. The highest BCUT2D eigenvalue weighted by Crippen LogP contribution is 2.28. The van der Waals surface area contributed by atoms with Gasteiger partial charge in [-0.1, -0.05) is 30.3 Å². The lowest BCUT2D eigenvalue weighted by Gasteiger charge is -2.10. The molecule has 0 radical (unpaired) electrons. The fourth-order valence-corrected chi connectivity index (χ4v) is 1.79. The van der Waals surface area contributed by atoms with E-state index in [0.717, 1.165) is 0 Å². The van der Waals surface area contributed by atoms with Gasteiger partial charge in [0.15, 0.2) is 5.82 Å². The Balaban J connectivity index is 3.00. The molecule has 1 aromatic heterocycles. The van der Waals surface area contributed by atoms with E-state index in [4.69, 9.17) is 16.3 Å². The first-order chi connectivity index (χ1) is 9.11. The van der Waals surface area contributed by atoms with Gasteiger partial charge in [0.05, 0.1) is 0 Å². The normalized spacial score (nSPS) is 9.58. The highest BCUT2D eigenvalue weighted by molar-refractivity contribution is 5.80. The lowest BCUT2D eigenvalue weighted by Crippen LogP contribution is -2.25. The summed E-state index contributed by atoms with van der Waals surface area (Å²) in [6, 6.07) is 12.0. The number of anilines is 1. The first-order valence-corrected chi connectivity index (χ1v) is 5.25. The second-order valence-electron chi connectivity index (χ2n) is 3.72. The maximum absolute atomic E-state index is 11.8. The molecule has 0 bridgehead atoms. The van der Waals surface area contributed by atoms with Crippen LogP contribution in [0.15, 0.2) is 35.1 Å². The van der Waals surface area contributed by atoms with Crippen LogP contribution in [0.5, 0.6) is 0 Å². The van der Waals surface area contributed by atoms with Crippen LogP contribution >= 0.6 is 0 Å². The van der Waals surface area contributed by atoms with E-state index in [1.165, 1.54) is 0 Å². The minimum atomic E-state index is -0.946. The van der Waals surface area contributed by atoms with Crippen molar-refractivity contribution in [3.8, 4) is 23.3 Å². The Bertz CT molecular complexity index is 780. The SMILES string of the molecule is N#Cc1c(-c2ccccc2)c(C#N)c(=O)n(O)c1N. The number of nitrogens with two attached hydrogens (primary N) is 1. The van der Waals surface area contributed by atoms with Crippen molar-refractivity contribution in [1.82, 2.24) is 4.73 Å². The summed E-state index contributed by atoms with van der Waals surface area (Å²) >= 11 is 0. The Morgan fingerprint density at radius 2 is 1.68 bits per heavy atom. The van der Waals surface area contributed by atoms with Gasteiger partial charge in [-0.15, -0.1) is 4.73 Å². The Morgan fingerprint density at radius 1 is 1.11 bits per heavy atom. The van der Waals surface area contributed by atoms with E-state index < -0.39 is 5.56 Å². The summed E-state index contributed by atoms with van der Waals surface area (Å²) in [7, 11) is 0. The van der Waals surface area contributed by atoms with E-state index >= 15 is 0 Å². The van der Waals surface area contributed by atoms with Crippen molar-refractivity contribution in [1.29, 1.82) is 10.5 Å². The quantitative estimate of drug-likeness (QED) is 0.736. The van der Waals surface area contributed by atoms with E-state index in [0.29, 0.717) is 5.56 Å². The van der Waals surface area contributed by atoms with Crippen molar-refractivity contribution in [2.45, 2.75) is 0 Å². The summed E-state index contributed by atoms with van der Waals surface area (Å²) in [5, 5.41) is 27.7. The van der Waals surface area contributed by atoms with Crippen LogP contribution in [0.3, 0.4) is 0 Å². The molecule has 0 aliphatic heterocycles. The zero-order valence-corrected chi connectivity index (χ0v) is 9.66. The lowest BCUT2D eigenvalue weighted by molar-refractivity contribution is 0.181. The van der Waals surface area contributed by atoms with E-state index in [1.54, 1.807) is 36.4 Å². The van der Waals surface area contributed by atoms with E-state index in [2.05, 4.69) is 0 Å². The van der Waals surface area contributed by atoms with Crippen molar-refractivity contribution < 1.29 is 5.21 Å². The Morgan fingerprint density at radius 3 is 2.21 bits per heavy atom. The maximum Gasteiger partial charge on any atom is 0.303 e. The average molecular weight is 252 g/mol. The van der Waals surface area contributed by atoms with Gasteiger partial charge in [0.25, 0.3) is 0 Å². The van der Waals surface area contributed by atoms with Crippen LogP contribution < -0.4 is 11.3 Å². The molecule has 1 aromatic carbocycles. The number of pyridine rings is 1. The number of aromatic nitrogens is 1. The predicted molar refractivity (Wildman–Crippen MR) is 67.2 cm³/mol. The number of nitriles is 2. The molecule has 0 unspecified atom stereocenters. The molecule has 3 N–H and O–H groups in total. The van der Waals surface area contributed by atoms with Gasteiger partial charge in [-0.2, -0.15) is 10.5 Å². The molecule has 0 aliphatic carbocycles. The summed E-state index contributed by atoms with van der Waals surface area (Å²) in [6.07, 6.45) is 0. The van der Waals surface area contributed by atoms with Gasteiger partial charge in [0, 0.05) is 5.56 Å². The first-order valence-electron chi connectivity index (χ1n) is 5.25.